The van der Waals surface area contributed by atoms with Crippen molar-refractivity contribution in [2.24, 2.45) is 0 Å². The number of fused-ring (bicyclic) bond motifs is 1. The number of ether oxygens (including phenoxy) is 1. The maximum absolute atomic E-state index is 6.02. The molecule has 3 aromatic rings. The number of anilines is 3. The van der Waals surface area contributed by atoms with Crippen LogP contribution < -0.4 is 15.8 Å². The zero-order valence-corrected chi connectivity index (χ0v) is 12.1. The quantitative estimate of drug-likeness (QED) is 0.773. The highest BCUT2D eigenvalue weighted by Gasteiger charge is 2.08. The summed E-state index contributed by atoms with van der Waals surface area (Å²) in [7, 11) is 1.57. The molecule has 6 heteroatoms. The molecule has 2 aromatic carbocycles. The molecule has 0 aliphatic heterocycles. The summed E-state index contributed by atoms with van der Waals surface area (Å²) in [4.78, 5) is 8.46. The number of nitrogens with two attached hydrogens (primary N) is 1. The Morgan fingerprint density at radius 1 is 1.14 bits per heavy atom. The maximum atomic E-state index is 6.02. The first-order chi connectivity index (χ1) is 10.2. The van der Waals surface area contributed by atoms with E-state index in [-0.39, 0.29) is 5.95 Å². The Balaban J connectivity index is 2.05. The van der Waals surface area contributed by atoms with Gasteiger partial charge in [0.2, 0.25) is 5.95 Å². The summed E-state index contributed by atoms with van der Waals surface area (Å²) < 4.78 is 5.21. The molecule has 106 valence electrons. The first kappa shape index (κ1) is 13.5. The van der Waals surface area contributed by atoms with Crippen molar-refractivity contribution in [1.29, 1.82) is 0 Å². The number of para-hydroxylation sites is 1. The van der Waals surface area contributed by atoms with Crippen LogP contribution in [0.15, 0.2) is 42.5 Å². The van der Waals surface area contributed by atoms with Crippen LogP contribution in [0.1, 0.15) is 0 Å². The van der Waals surface area contributed by atoms with Crippen LogP contribution in [0.3, 0.4) is 0 Å². The Hall–Kier alpha value is -2.53. The summed E-state index contributed by atoms with van der Waals surface area (Å²) in [5, 5.41) is 4.66. The molecule has 0 aliphatic carbocycles. The number of hydrogen-bond acceptors (Lipinski definition) is 5. The zero-order chi connectivity index (χ0) is 14.8. The van der Waals surface area contributed by atoms with Gasteiger partial charge in [-0.1, -0.05) is 23.7 Å². The Morgan fingerprint density at radius 2 is 1.95 bits per heavy atom. The molecule has 21 heavy (non-hydrogen) atoms. The molecule has 3 N–H and O–H groups in total. The molecule has 0 fully saturated rings. The van der Waals surface area contributed by atoms with Gasteiger partial charge < -0.3 is 15.8 Å². The van der Waals surface area contributed by atoms with Crippen LogP contribution in [0.5, 0.6) is 5.75 Å². The van der Waals surface area contributed by atoms with Crippen LogP contribution in [0.25, 0.3) is 10.9 Å². The van der Waals surface area contributed by atoms with Crippen molar-refractivity contribution in [2.45, 2.75) is 0 Å². The predicted molar refractivity (Wildman–Crippen MR) is 85.2 cm³/mol. The molecule has 0 radical (unpaired) electrons. The van der Waals surface area contributed by atoms with Crippen molar-refractivity contribution >= 4 is 40.0 Å². The molecular formula is C15H13ClN4O. The molecule has 0 spiro atoms. The third kappa shape index (κ3) is 2.68. The molecular weight excluding hydrogens is 288 g/mol. The second kappa shape index (κ2) is 5.46. The van der Waals surface area contributed by atoms with Gasteiger partial charge in [-0.05, 0) is 24.3 Å². The van der Waals surface area contributed by atoms with Crippen molar-refractivity contribution in [3.8, 4) is 5.75 Å². The monoisotopic (exact) mass is 300 g/mol. The fourth-order valence-corrected chi connectivity index (χ4v) is 2.26. The van der Waals surface area contributed by atoms with E-state index in [0.717, 1.165) is 16.6 Å². The second-order valence-corrected chi connectivity index (χ2v) is 4.83. The minimum absolute atomic E-state index is 0.220. The van der Waals surface area contributed by atoms with Gasteiger partial charge in [0.05, 0.1) is 17.6 Å². The molecule has 1 heterocycles. The summed E-state index contributed by atoms with van der Waals surface area (Å²) in [5.74, 6) is 1.45. The van der Waals surface area contributed by atoms with Crippen molar-refractivity contribution in [1.82, 2.24) is 9.97 Å². The number of aromatic nitrogens is 2. The van der Waals surface area contributed by atoms with Crippen LogP contribution in [0.2, 0.25) is 5.02 Å². The van der Waals surface area contributed by atoms with Crippen LogP contribution in [0.4, 0.5) is 17.5 Å². The molecule has 5 nitrogen and oxygen atoms in total. The topological polar surface area (TPSA) is 73.1 Å². The predicted octanol–water partition coefficient (Wildman–Crippen LogP) is 3.62. The molecule has 0 saturated carbocycles. The highest BCUT2D eigenvalue weighted by Crippen LogP contribution is 2.30. The Kier molecular flexibility index (Phi) is 3.50. The smallest absolute Gasteiger partial charge is 0.222 e. The summed E-state index contributed by atoms with van der Waals surface area (Å²) in [6, 6.07) is 13.1. The van der Waals surface area contributed by atoms with Gasteiger partial charge in [0.1, 0.15) is 11.6 Å². The Morgan fingerprint density at radius 3 is 2.76 bits per heavy atom. The summed E-state index contributed by atoms with van der Waals surface area (Å²) in [5.41, 5.74) is 7.34. The van der Waals surface area contributed by atoms with Gasteiger partial charge >= 0.3 is 0 Å². The van der Waals surface area contributed by atoms with Gasteiger partial charge in [0.25, 0.3) is 0 Å². The molecule has 1 aromatic heterocycles. The van der Waals surface area contributed by atoms with Gasteiger partial charge in [-0.3, -0.25) is 0 Å². The van der Waals surface area contributed by atoms with E-state index in [2.05, 4.69) is 15.3 Å². The van der Waals surface area contributed by atoms with E-state index in [1.807, 2.05) is 30.3 Å². The van der Waals surface area contributed by atoms with Gasteiger partial charge in [-0.25, -0.2) is 4.98 Å². The number of nitrogens with one attached hydrogen (secondary N) is 1. The number of nitrogens with zero attached hydrogens (tertiary/aromatic N) is 2. The van der Waals surface area contributed by atoms with Crippen molar-refractivity contribution in [3.63, 3.8) is 0 Å². The van der Waals surface area contributed by atoms with Crippen LogP contribution in [-0.2, 0) is 0 Å². The number of rotatable bonds is 3. The zero-order valence-electron chi connectivity index (χ0n) is 11.3. The van der Waals surface area contributed by atoms with E-state index < -0.39 is 0 Å². The van der Waals surface area contributed by atoms with Crippen LogP contribution in [-0.4, -0.2) is 17.1 Å². The molecule has 0 unspecified atom stereocenters. The normalized spacial score (nSPS) is 10.6. The van der Waals surface area contributed by atoms with Crippen LogP contribution >= 0.6 is 11.6 Å². The lowest BCUT2D eigenvalue weighted by Crippen LogP contribution is -2.01. The number of halogens is 1. The number of benzene rings is 2. The van der Waals surface area contributed by atoms with Gasteiger partial charge in [-0.2, -0.15) is 4.98 Å². The molecule has 0 atom stereocenters. The third-order valence-electron chi connectivity index (χ3n) is 3.03. The average molecular weight is 301 g/mol. The molecule has 0 bridgehead atoms. The lowest BCUT2D eigenvalue weighted by Gasteiger charge is -2.11. The van der Waals surface area contributed by atoms with Crippen molar-refractivity contribution in [2.75, 3.05) is 18.2 Å². The van der Waals surface area contributed by atoms with Crippen molar-refractivity contribution in [3.05, 3.63) is 47.5 Å². The summed E-state index contributed by atoms with van der Waals surface area (Å²) in [6.45, 7) is 0. The van der Waals surface area contributed by atoms with Crippen molar-refractivity contribution < 1.29 is 4.74 Å². The standard InChI is InChI=1S/C15H13ClN4O/c1-21-13-8-9(6-7-11(13)16)18-14-10-4-2-3-5-12(10)19-15(17)20-14/h2-8H,1H3,(H3,17,18,19,20). The molecule has 0 saturated heterocycles. The summed E-state index contributed by atoms with van der Waals surface area (Å²) >= 11 is 6.02. The van der Waals surface area contributed by atoms with E-state index in [1.54, 1.807) is 19.2 Å². The van der Waals surface area contributed by atoms with Gasteiger partial charge in [0, 0.05) is 17.1 Å². The molecule has 0 amide bonds. The molecule has 0 aliphatic rings. The van der Waals surface area contributed by atoms with E-state index in [9.17, 15) is 0 Å². The van der Waals surface area contributed by atoms with Gasteiger partial charge in [-0.15, -0.1) is 0 Å². The summed E-state index contributed by atoms with van der Waals surface area (Å²) in [6.07, 6.45) is 0. The highest BCUT2D eigenvalue weighted by molar-refractivity contribution is 6.32. The number of nitrogen functional groups attached to an aromatic ring is 1. The first-order valence-corrected chi connectivity index (χ1v) is 6.68. The SMILES string of the molecule is COc1cc(Nc2nc(N)nc3ccccc23)ccc1Cl. The van der Waals surface area contributed by atoms with E-state index in [1.165, 1.54) is 0 Å². The lowest BCUT2D eigenvalue weighted by molar-refractivity contribution is 0.415. The van der Waals surface area contributed by atoms with E-state index in [4.69, 9.17) is 22.1 Å². The van der Waals surface area contributed by atoms with E-state index >= 15 is 0 Å². The maximum Gasteiger partial charge on any atom is 0.222 e. The highest BCUT2D eigenvalue weighted by atomic mass is 35.5. The largest absolute Gasteiger partial charge is 0.495 e. The van der Waals surface area contributed by atoms with E-state index in [0.29, 0.717) is 16.6 Å². The third-order valence-corrected chi connectivity index (χ3v) is 3.35. The number of methoxy groups -OCH3 is 1. The average Bonchev–Trinajstić information content (AvgIpc) is 2.49. The molecule has 3 rings (SSSR count). The minimum Gasteiger partial charge on any atom is -0.495 e. The van der Waals surface area contributed by atoms with Gasteiger partial charge in [0.15, 0.2) is 0 Å². The lowest BCUT2D eigenvalue weighted by atomic mass is 10.2. The fraction of sp³-hybridized carbons (Fsp3) is 0.0667. The fourth-order valence-electron chi connectivity index (χ4n) is 2.06. The van der Waals surface area contributed by atoms with Crippen LogP contribution in [0, 0.1) is 0 Å². The first-order valence-electron chi connectivity index (χ1n) is 6.30. The minimum atomic E-state index is 0.220. The Labute approximate surface area is 126 Å². The Bertz CT molecular complexity index is 807. The second-order valence-electron chi connectivity index (χ2n) is 4.42. The number of hydrogen-bond donors (Lipinski definition) is 2.